The lowest BCUT2D eigenvalue weighted by Gasteiger charge is -2.10. The van der Waals surface area contributed by atoms with Crippen LogP contribution in [-0.2, 0) is 0 Å². The first-order valence-corrected chi connectivity index (χ1v) is 12.4. The molecule has 40 heavy (non-hydrogen) atoms. The molecular weight excluding hydrogens is 508 g/mol. The fraction of sp³-hybridized carbons (Fsp3) is 0.188. The third-order valence-electron chi connectivity index (χ3n) is 6.12. The molecule has 0 N–H and O–H groups in total. The molecule has 0 spiro atoms. The number of ether oxygens (including phenoxy) is 6. The lowest BCUT2D eigenvalue weighted by Crippen LogP contribution is -1.97. The monoisotopic (exact) mass is 540 g/mol. The number of nitrogens with zero attached hydrogens (tertiary/aromatic N) is 2. The number of hydrogen-bond donors (Lipinski definition) is 0. The van der Waals surface area contributed by atoms with Crippen LogP contribution in [-0.4, -0.2) is 52.6 Å². The van der Waals surface area contributed by atoms with Crippen LogP contribution in [0.25, 0.3) is 35.7 Å². The van der Waals surface area contributed by atoms with Crippen LogP contribution in [0.4, 0.5) is 0 Å². The molecule has 0 radical (unpaired) electrons. The second-order valence-electron chi connectivity index (χ2n) is 8.51. The van der Waals surface area contributed by atoms with E-state index in [1.54, 1.807) is 42.7 Å². The lowest BCUT2D eigenvalue weighted by atomic mass is 10.1. The van der Waals surface area contributed by atoms with Gasteiger partial charge in [-0.25, -0.2) is 9.97 Å². The molecule has 0 bridgehead atoms. The maximum atomic E-state index is 5.50. The highest BCUT2D eigenvalue weighted by Crippen LogP contribution is 2.32. The number of methoxy groups -OCH3 is 6. The van der Waals surface area contributed by atoms with Gasteiger partial charge < -0.3 is 28.4 Å². The Morgan fingerprint density at radius 3 is 1.25 bits per heavy atom. The molecule has 1 heterocycles. The largest absolute Gasteiger partial charge is 0.493 e. The average molecular weight is 541 g/mol. The fourth-order valence-corrected chi connectivity index (χ4v) is 4.04. The van der Waals surface area contributed by atoms with E-state index in [0.29, 0.717) is 40.3 Å². The fourth-order valence-electron chi connectivity index (χ4n) is 4.04. The molecule has 206 valence electrons. The molecule has 0 amide bonds. The highest BCUT2D eigenvalue weighted by Gasteiger charge is 2.11. The van der Waals surface area contributed by atoms with Gasteiger partial charge in [0.1, 0.15) is 0 Å². The zero-order valence-corrected chi connectivity index (χ0v) is 23.4. The van der Waals surface area contributed by atoms with E-state index in [0.717, 1.165) is 28.1 Å². The van der Waals surface area contributed by atoms with Crippen LogP contribution in [0, 0.1) is 0 Å². The Hall–Kier alpha value is -4.98. The van der Waals surface area contributed by atoms with E-state index < -0.39 is 0 Å². The number of benzene rings is 3. The van der Waals surface area contributed by atoms with Gasteiger partial charge in [-0.15, -0.1) is 0 Å². The van der Waals surface area contributed by atoms with Gasteiger partial charge in [0.25, 0.3) is 0 Å². The normalized spacial score (nSPS) is 11.1. The minimum Gasteiger partial charge on any atom is -0.493 e. The van der Waals surface area contributed by atoms with Crippen molar-refractivity contribution in [3.63, 3.8) is 0 Å². The van der Waals surface area contributed by atoms with Crippen molar-refractivity contribution in [3.8, 4) is 45.9 Å². The SMILES string of the molecule is COc1ccc(/C=C\c2cc(/C=C/c3ccc(OC)c(OC)c3)nc(-c3ccc(OC)c(OC)c3)n2)cc1OC. The van der Waals surface area contributed by atoms with Gasteiger partial charge in [-0.2, -0.15) is 0 Å². The summed E-state index contributed by atoms with van der Waals surface area (Å²) in [5, 5.41) is 0. The summed E-state index contributed by atoms with van der Waals surface area (Å²) in [5.41, 5.74) is 4.11. The van der Waals surface area contributed by atoms with E-state index in [1.807, 2.05) is 85.0 Å². The van der Waals surface area contributed by atoms with Crippen molar-refractivity contribution in [2.45, 2.75) is 0 Å². The molecule has 8 nitrogen and oxygen atoms in total. The van der Waals surface area contributed by atoms with Crippen LogP contribution in [0.5, 0.6) is 34.5 Å². The molecule has 0 saturated carbocycles. The quantitative estimate of drug-likeness (QED) is 0.212. The first-order chi connectivity index (χ1) is 19.5. The molecule has 0 fully saturated rings. The van der Waals surface area contributed by atoms with Gasteiger partial charge in [0.15, 0.2) is 40.3 Å². The first-order valence-electron chi connectivity index (χ1n) is 12.4. The number of hydrogen-bond acceptors (Lipinski definition) is 8. The molecular formula is C32H32N2O6. The molecule has 0 unspecified atom stereocenters. The molecule has 0 aliphatic heterocycles. The summed E-state index contributed by atoms with van der Waals surface area (Å²) in [6.45, 7) is 0. The third-order valence-corrected chi connectivity index (χ3v) is 6.12. The topological polar surface area (TPSA) is 81.2 Å². The van der Waals surface area contributed by atoms with Crippen LogP contribution in [0.1, 0.15) is 22.5 Å². The predicted molar refractivity (Wildman–Crippen MR) is 158 cm³/mol. The summed E-state index contributed by atoms with van der Waals surface area (Å²) in [5.74, 6) is 4.40. The van der Waals surface area contributed by atoms with Gasteiger partial charge in [-0.1, -0.05) is 24.3 Å². The Bertz CT molecular complexity index is 1450. The predicted octanol–water partition coefficient (Wildman–Crippen LogP) is 6.54. The minimum absolute atomic E-state index is 0.544. The first kappa shape index (κ1) is 28.0. The Kier molecular flexibility index (Phi) is 9.25. The average Bonchev–Trinajstić information content (AvgIpc) is 3.01. The Morgan fingerprint density at radius 1 is 0.425 bits per heavy atom. The summed E-state index contributed by atoms with van der Waals surface area (Å²) in [6, 6.07) is 19.0. The van der Waals surface area contributed by atoms with Gasteiger partial charge in [0.2, 0.25) is 0 Å². The lowest BCUT2D eigenvalue weighted by molar-refractivity contribution is 0.355. The molecule has 4 rings (SSSR count). The van der Waals surface area contributed by atoms with Gasteiger partial charge in [-0.3, -0.25) is 0 Å². The van der Waals surface area contributed by atoms with Crippen LogP contribution in [0.15, 0.2) is 60.7 Å². The summed E-state index contributed by atoms with van der Waals surface area (Å²) in [7, 11) is 9.65. The van der Waals surface area contributed by atoms with Crippen molar-refractivity contribution in [1.29, 1.82) is 0 Å². The highest BCUT2D eigenvalue weighted by atomic mass is 16.5. The second-order valence-corrected chi connectivity index (χ2v) is 8.51. The van der Waals surface area contributed by atoms with Gasteiger partial charge in [0.05, 0.1) is 54.0 Å². The highest BCUT2D eigenvalue weighted by molar-refractivity contribution is 5.75. The van der Waals surface area contributed by atoms with Crippen molar-refractivity contribution in [3.05, 3.63) is 83.2 Å². The zero-order valence-electron chi connectivity index (χ0n) is 23.4. The van der Waals surface area contributed by atoms with E-state index in [9.17, 15) is 0 Å². The summed E-state index contributed by atoms with van der Waals surface area (Å²) >= 11 is 0. The standard InChI is InChI=1S/C32H32N2O6/c1-35-26-14-9-21(17-29(26)38-4)7-12-24-20-25(13-8-22-10-15-27(36-2)30(18-22)39-5)34-32(33-24)23-11-16-28(37-3)31(19-23)40-6/h7-20H,1-6H3/b12-7-,13-8+. The second kappa shape index (κ2) is 13.2. The Morgan fingerprint density at radius 2 is 0.825 bits per heavy atom. The van der Waals surface area contributed by atoms with Gasteiger partial charge >= 0.3 is 0 Å². The molecule has 0 aliphatic carbocycles. The summed E-state index contributed by atoms with van der Waals surface area (Å²) in [6.07, 6.45) is 7.79. The Labute approximate surface area is 234 Å². The zero-order chi connectivity index (χ0) is 28.5. The summed E-state index contributed by atoms with van der Waals surface area (Å²) in [4.78, 5) is 9.62. The molecule has 0 saturated heterocycles. The molecule has 0 aliphatic rings. The minimum atomic E-state index is 0.544. The Balaban J connectivity index is 1.75. The maximum absolute atomic E-state index is 5.50. The molecule has 3 aromatic carbocycles. The van der Waals surface area contributed by atoms with E-state index in [4.69, 9.17) is 38.4 Å². The van der Waals surface area contributed by atoms with Crippen molar-refractivity contribution < 1.29 is 28.4 Å². The molecule has 4 aromatic rings. The van der Waals surface area contributed by atoms with Crippen LogP contribution >= 0.6 is 0 Å². The van der Waals surface area contributed by atoms with Crippen LogP contribution < -0.4 is 28.4 Å². The van der Waals surface area contributed by atoms with E-state index >= 15 is 0 Å². The van der Waals surface area contributed by atoms with Crippen molar-refractivity contribution in [2.75, 3.05) is 42.7 Å². The van der Waals surface area contributed by atoms with Crippen molar-refractivity contribution in [1.82, 2.24) is 9.97 Å². The molecule has 0 atom stereocenters. The summed E-state index contributed by atoms with van der Waals surface area (Å²) < 4.78 is 32.5. The van der Waals surface area contributed by atoms with Crippen molar-refractivity contribution >= 4 is 24.3 Å². The number of aromatic nitrogens is 2. The smallest absolute Gasteiger partial charge is 0.161 e. The van der Waals surface area contributed by atoms with Gasteiger partial charge in [0, 0.05) is 5.56 Å². The van der Waals surface area contributed by atoms with E-state index in [2.05, 4.69) is 0 Å². The number of rotatable bonds is 11. The third kappa shape index (κ3) is 6.53. The molecule has 8 heteroatoms. The van der Waals surface area contributed by atoms with E-state index in [-0.39, 0.29) is 0 Å². The van der Waals surface area contributed by atoms with Gasteiger partial charge in [-0.05, 0) is 71.8 Å². The van der Waals surface area contributed by atoms with Crippen molar-refractivity contribution in [2.24, 2.45) is 0 Å². The molecule has 1 aromatic heterocycles. The van der Waals surface area contributed by atoms with E-state index in [1.165, 1.54) is 0 Å². The maximum Gasteiger partial charge on any atom is 0.161 e. The van der Waals surface area contributed by atoms with Crippen LogP contribution in [0.2, 0.25) is 0 Å². The van der Waals surface area contributed by atoms with Crippen LogP contribution in [0.3, 0.4) is 0 Å².